The molecule has 0 saturated carbocycles. The van der Waals surface area contributed by atoms with E-state index in [-0.39, 0.29) is 24.2 Å². The van der Waals surface area contributed by atoms with Gasteiger partial charge < -0.3 is 5.32 Å². The van der Waals surface area contributed by atoms with Gasteiger partial charge in [-0.05, 0) is 13.0 Å². The number of carbonyl (C=O) groups excluding carboxylic acids is 1. The lowest BCUT2D eigenvalue weighted by Gasteiger charge is -2.03. The summed E-state index contributed by atoms with van der Waals surface area (Å²) in [5, 5.41) is 3.07. The Kier molecular flexibility index (Phi) is 4.34. The number of nitrogens with one attached hydrogen (secondary N) is 2. The van der Waals surface area contributed by atoms with Gasteiger partial charge in [0.1, 0.15) is 0 Å². The van der Waals surface area contributed by atoms with E-state index >= 15 is 0 Å². The summed E-state index contributed by atoms with van der Waals surface area (Å²) in [5.74, 6) is 4.96. The average Bonchev–Trinajstić information content (AvgIpc) is 2.37. The Morgan fingerprint density at radius 2 is 2.40 bits per heavy atom. The molecule has 0 radical (unpaired) electrons. The van der Waals surface area contributed by atoms with Gasteiger partial charge in [-0.2, -0.15) is 0 Å². The first-order valence-corrected chi connectivity index (χ1v) is 3.06. The molecule has 0 unspecified atom stereocenters. The number of amides is 1. The molecule has 1 heterocycles. The van der Waals surface area contributed by atoms with E-state index in [2.05, 4.69) is 10.7 Å². The van der Waals surface area contributed by atoms with Crippen molar-refractivity contribution in [2.45, 2.75) is 6.42 Å². The summed E-state index contributed by atoms with van der Waals surface area (Å²) in [6.07, 6.45) is 0.906. The molecule has 1 rings (SSSR count). The van der Waals surface area contributed by atoms with Crippen LogP contribution in [0.25, 0.3) is 0 Å². The molecule has 4 N–H and O–H groups in total. The summed E-state index contributed by atoms with van der Waals surface area (Å²) < 4.78 is 0. The Hall–Kier alpha value is -0.320. The lowest BCUT2D eigenvalue weighted by atomic mass is 10.1. The molecular weight excluding hydrogens is 154 g/mol. The van der Waals surface area contributed by atoms with E-state index in [1.807, 2.05) is 0 Å². The van der Waals surface area contributed by atoms with Gasteiger partial charge in [-0.3, -0.25) is 10.2 Å². The monoisotopic (exact) mass is 165 g/mol. The summed E-state index contributed by atoms with van der Waals surface area (Å²) in [6, 6.07) is 0. The van der Waals surface area contributed by atoms with Gasteiger partial charge in [-0.1, -0.05) is 0 Å². The average molecular weight is 166 g/mol. The summed E-state index contributed by atoms with van der Waals surface area (Å²) in [5.41, 5.74) is 2.13. The van der Waals surface area contributed by atoms with Crippen LogP contribution < -0.4 is 16.6 Å². The van der Waals surface area contributed by atoms with E-state index in [9.17, 15) is 4.79 Å². The molecule has 10 heavy (non-hydrogen) atoms. The van der Waals surface area contributed by atoms with E-state index in [0.29, 0.717) is 0 Å². The smallest absolute Gasteiger partial charge is 0.238 e. The van der Waals surface area contributed by atoms with E-state index in [1.165, 1.54) is 0 Å². The molecule has 0 spiro atoms. The number of carbonyl (C=O) groups is 1. The van der Waals surface area contributed by atoms with Gasteiger partial charge in [0.2, 0.25) is 5.91 Å². The van der Waals surface area contributed by atoms with Crippen LogP contribution in [-0.2, 0) is 4.79 Å². The molecule has 4 nitrogen and oxygen atoms in total. The summed E-state index contributed by atoms with van der Waals surface area (Å²) in [7, 11) is 0. The van der Waals surface area contributed by atoms with Crippen molar-refractivity contribution in [3.63, 3.8) is 0 Å². The third-order valence-corrected chi connectivity index (χ3v) is 1.57. The molecule has 0 aromatic carbocycles. The van der Waals surface area contributed by atoms with Crippen molar-refractivity contribution in [2.24, 2.45) is 11.8 Å². The number of halogens is 1. The molecular formula is C5H12ClN3O. The van der Waals surface area contributed by atoms with E-state index in [0.717, 1.165) is 19.5 Å². The Morgan fingerprint density at radius 3 is 2.80 bits per heavy atom. The predicted octanol–water partition coefficient (Wildman–Crippen LogP) is -0.992. The fraction of sp³-hybridized carbons (Fsp3) is 0.800. The minimum absolute atomic E-state index is 0. The van der Waals surface area contributed by atoms with Crippen LogP contribution in [-0.4, -0.2) is 19.0 Å². The number of rotatable bonds is 1. The Morgan fingerprint density at radius 1 is 1.70 bits per heavy atom. The second kappa shape index (κ2) is 4.49. The zero-order valence-corrected chi connectivity index (χ0v) is 6.41. The standard InChI is InChI=1S/C5H11N3O.ClH/c6-8-5(9)4-1-2-7-3-4;/h4,7H,1-3,6H2,(H,8,9);1H/t4-;/m0./s1. The number of nitrogens with two attached hydrogens (primary N) is 1. The predicted molar refractivity (Wildman–Crippen MR) is 40.6 cm³/mol. The first kappa shape index (κ1) is 9.68. The van der Waals surface area contributed by atoms with E-state index in [4.69, 9.17) is 5.84 Å². The van der Waals surface area contributed by atoms with Crippen LogP contribution in [0.4, 0.5) is 0 Å². The minimum atomic E-state index is -0.0556. The van der Waals surface area contributed by atoms with Gasteiger partial charge in [0, 0.05) is 6.54 Å². The fourth-order valence-electron chi connectivity index (χ4n) is 0.996. The number of hydrogen-bond acceptors (Lipinski definition) is 3. The highest BCUT2D eigenvalue weighted by molar-refractivity contribution is 5.85. The fourth-order valence-corrected chi connectivity index (χ4v) is 0.996. The van der Waals surface area contributed by atoms with Crippen molar-refractivity contribution in [3.8, 4) is 0 Å². The number of hydrazine groups is 1. The zero-order chi connectivity index (χ0) is 6.69. The highest BCUT2D eigenvalue weighted by Gasteiger charge is 2.20. The van der Waals surface area contributed by atoms with Crippen molar-refractivity contribution >= 4 is 18.3 Å². The molecule has 5 heteroatoms. The summed E-state index contributed by atoms with van der Waals surface area (Å²) >= 11 is 0. The van der Waals surface area contributed by atoms with Crippen LogP contribution in [0.5, 0.6) is 0 Å². The molecule has 1 amide bonds. The minimum Gasteiger partial charge on any atom is -0.316 e. The highest BCUT2D eigenvalue weighted by atomic mass is 35.5. The third kappa shape index (κ3) is 2.13. The SMILES string of the molecule is Cl.NNC(=O)[C@H]1CCNC1. The molecule has 1 aliphatic heterocycles. The Bertz CT molecular complexity index is 113. The van der Waals surface area contributed by atoms with Crippen molar-refractivity contribution in [1.82, 2.24) is 10.7 Å². The quantitative estimate of drug-likeness (QED) is 0.266. The van der Waals surface area contributed by atoms with Gasteiger partial charge in [0.15, 0.2) is 0 Å². The van der Waals surface area contributed by atoms with Crippen molar-refractivity contribution in [3.05, 3.63) is 0 Å². The van der Waals surface area contributed by atoms with Crippen LogP contribution in [0, 0.1) is 5.92 Å². The zero-order valence-electron chi connectivity index (χ0n) is 5.59. The van der Waals surface area contributed by atoms with Gasteiger partial charge >= 0.3 is 0 Å². The first-order valence-electron chi connectivity index (χ1n) is 3.06. The summed E-state index contributed by atoms with van der Waals surface area (Å²) in [6.45, 7) is 1.70. The second-order valence-corrected chi connectivity index (χ2v) is 2.20. The molecule has 0 aliphatic carbocycles. The Balaban J connectivity index is 0.000000810. The molecule has 60 valence electrons. The van der Waals surface area contributed by atoms with Crippen molar-refractivity contribution in [2.75, 3.05) is 13.1 Å². The molecule has 0 aromatic rings. The second-order valence-electron chi connectivity index (χ2n) is 2.20. The molecule has 1 fully saturated rings. The van der Waals surface area contributed by atoms with Crippen LogP contribution in [0.15, 0.2) is 0 Å². The van der Waals surface area contributed by atoms with Crippen LogP contribution in [0.2, 0.25) is 0 Å². The molecule has 1 aliphatic rings. The first-order chi connectivity index (χ1) is 4.34. The molecule has 0 bridgehead atoms. The van der Waals surface area contributed by atoms with Crippen LogP contribution >= 0.6 is 12.4 Å². The van der Waals surface area contributed by atoms with E-state index in [1.54, 1.807) is 0 Å². The maximum absolute atomic E-state index is 10.7. The van der Waals surface area contributed by atoms with Crippen molar-refractivity contribution in [1.29, 1.82) is 0 Å². The van der Waals surface area contributed by atoms with Crippen molar-refractivity contribution < 1.29 is 4.79 Å². The lowest BCUT2D eigenvalue weighted by molar-refractivity contribution is -0.124. The van der Waals surface area contributed by atoms with E-state index < -0.39 is 0 Å². The van der Waals surface area contributed by atoms with Gasteiger partial charge in [0.25, 0.3) is 0 Å². The van der Waals surface area contributed by atoms with Crippen LogP contribution in [0.1, 0.15) is 6.42 Å². The lowest BCUT2D eigenvalue weighted by Crippen LogP contribution is -2.36. The largest absolute Gasteiger partial charge is 0.316 e. The van der Waals surface area contributed by atoms with Gasteiger partial charge in [-0.15, -0.1) is 12.4 Å². The number of hydrogen-bond donors (Lipinski definition) is 3. The topological polar surface area (TPSA) is 67.1 Å². The van der Waals surface area contributed by atoms with Gasteiger partial charge in [0.05, 0.1) is 5.92 Å². The summed E-state index contributed by atoms with van der Waals surface area (Å²) in [4.78, 5) is 10.7. The maximum atomic E-state index is 10.7. The molecule has 1 saturated heterocycles. The Labute approximate surface area is 65.9 Å². The van der Waals surface area contributed by atoms with Gasteiger partial charge in [-0.25, -0.2) is 5.84 Å². The maximum Gasteiger partial charge on any atom is 0.238 e. The molecule has 1 atom stereocenters. The van der Waals surface area contributed by atoms with Crippen LogP contribution in [0.3, 0.4) is 0 Å². The third-order valence-electron chi connectivity index (χ3n) is 1.57. The molecule has 0 aromatic heterocycles. The normalized spacial score (nSPS) is 23.5. The highest BCUT2D eigenvalue weighted by Crippen LogP contribution is 2.05.